The van der Waals surface area contributed by atoms with Gasteiger partial charge in [0.25, 0.3) is 0 Å². The van der Waals surface area contributed by atoms with Crippen LogP contribution >= 0.6 is 0 Å². The number of rotatable bonds is 5. The topological polar surface area (TPSA) is 84.0 Å². The van der Waals surface area contributed by atoms with E-state index in [4.69, 9.17) is 11.0 Å². The van der Waals surface area contributed by atoms with Crippen molar-refractivity contribution < 1.29 is 8.42 Å². The van der Waals surface area contributed by atoms with Crippen molar-refractivity contribution in [1.29, 1.82) is 5.26 Å². The lowest BCUT2D eigenvalue weighted by molar-refractivity contribution is 0.586. The molecule has 17 heavy (non-hydrogen) atoms. The number of nitriles is 1. The first-order valence-electron chi connectivity index (χ1n) is 5.38. The Balaban J connectivity index is 2.73. The van der Waals surface area contributed by atoms with Crippen LogP contribution in [0.3, 0.4) is 0 Å². The number of nitrogens with two attached hydrogens (primary N) is 1. The molecule has 0 heterocycles. The minimum atomic E-state index is -3.14. The SMILES string of the molecule is CC(N)CCS(=O)(=O)Cc1cccc(C#N)c1. The molecule has 0 aliphatic heterocycles. The van der Waals surface area contributed by atoms with Crippen LogP contribution in [0, 0.1) is 11.3 Å². The maximum atomic E-state index is 11.8. The summed E-state index contributed by atoms with van der Waals surface area (Å²) in [6.45, 7) is 1.78. The summed E-state index contributed by atoms with van der Waals surface area (Å²) in [6, 6.07) is 8.53. The smallest absolute Gasteiger partial charge is 0.154 e. The molecule has 0 radical (unpaired) electrons. The molecule has 1 unspecified atom stereocenters. The van der Waals surface area contributed by atoms with Crippen molar-refractivity contribution in [1.82, 2.24) is 0 Å². The first kappa shape index (κ1) is 13.7. The highest BCUT2D eigenvalue weighted by molar-refractivity contribution is 7.90. The number of hydrogen-bond donors (Lipinski definition) is 1. The quantitative estimate of drug-likeness (QED) is 0.853. The number of nitrogens with zero attached hydrogens (tertiary/aromatic N) is 1. The molecule has 0 aromatic heterocycles. The van der Waals surface area contributed by atoms with Gasteiger partial charge < -0.3 is 5.73 Å². The first-order chi connectivity index (χ1) is 7.93. The van der Waals surface area contributed by atoms with Gasteiger partial charge in [-0.15, -0.1) is 0 Å². The van der Waals surface area contributed by atoms with E-state index in [1.807, 2.05) is 6.07 Å². The van der Waals surface area contributed by atoms with Crippen LogP contribution in [-0.4, -0.2) is 20.2 Å². The summed E-state index contributed by atoms with van der Waals surface area (Å²) in [4.78, 5) is 0. The molecular formula is C12H16N2O2S. The predicted octanol–water partition coefficient (Wildman–Crippen LogP) is 1.21. The molecule has 0 aliphatic rings. The van der Waals surface area contributed by atoms with Crippen molar-refractivity contribution in [2.45, 2.75) is 25.1 Å². The fraction of sp³-hybridized carbons (Fsp3) is 0.417. The average molecular weight is 252 g/mol. The minimum absolute atomic E-state index is 0.0325. The zero-order valence-corrected chi connectivity index (χ0v) is 10.6. The molecule has 0 fully saturated rings. The molecule has 5 heteroatoms. The van der Waals surface area contributed by atoms with Gasteiger partial charge >= 0.3 is 0 Å². The normalized spacial score (nSPS) is 13.0. The van der Waals surface area contributed by atoms with E-state index < -0.39 is 9.84 Å². The Labute approximate surface area is 102 Å². The Kier molecular flexibility index (Phi) is 4.67. The number of hydrogen-bond acceptors (Lipinski definition) is 4. The van der Waals surface area contributed by atoms with Crippen LogP contribution < -0.4 is 5.73 Å². The van der Waals surface area contributed by atoms with E-state index >= 15 is 0 Å². The third kappa shape index (κ3) is 4.98. The van der Waals surface area contributed by atoms with Crippen molar-refractivity contribution in [3.8, 4) is 6.07 Å². The van der Waals surface area contributed by atoms with Crippen molar-refractivity contribution in [2.75, 3.05) is 5.75 Å². The van der Waals surface area contributed by atoms with Crippen molar-refractivity contribution >= 4 is 9.84 Å². The van der Waals surface area contributed by atoms with Crippen LogP contribution in [-0.2, 0) is 15.6 Å². The van der Waals surface area contributed by atoms with E-state index in [0.717, 1.165) is 0 Å². The fourth-order valence-electron chi connectivity index (χ4n) is 1.42. The minimum Gasteiger partial charge on any atom is -0.328 e. The molecule has 0 aliphatic carbocycles. The van der Waals surface area contributed by atoms with Gasteiger partial charge in [0.2, 0.25) is 0 Å². The molecule has 1 aromatic rings. The Hall–Kier alpha value is -1.38. The largest absolute Gasteiger partial charge is 0.328 e. The second-order valence-corrected chi connectivity index (χ2v) is 6.35. The maximum absolute atomic E-state index is 11.8. The van der Waals surface area contributed by atoms with Gasteiger partial charge in [-0.1, -0.05) is 12.1 Å². The highest BCUT2D eigenvalue weighted by atomic mass is 32.2. The van der Waals surface area contributed by atoms with Crippen LogP contribution in [0.5, 0.6) is 0 Å². The maximum Gasteiger partial charge on any atom is 0.154 e. The van der Waals surface area contributed by atoms with E-state index in [9.17, 15) is 8.42 Å². The zero-order chi connectivity index (χ0) is 12.9. The molecule has 0 bridgehead atoms. The zero-order valence-electron chi connectivity index (χ0n) is 9.76. The molecule has 0 saturated heterocycles. The summed E-state index contributed by atoms with van der Waals surface area (Å²) in [7, 11) is -3.14. The number of benzene rings is 1. The van der Waals surface area contributed by atoms with Crippen molar-refractivity contribution in [3.63, 3.8) is 0 Å². The summed E-state index contributed by atoms with van der Waals surface area (Å²) in [6.07, 6.45) is 0.459. The molecule has 0 saturated carbocycles. The van der Waals surface area contributed by atoms with Crippen LogP contribution in [0.2, 0.25) is 0 Å². The molecule has 0 amide bonds. The third-order valence-electron chi connectivity index (χ3n) is 2.33. The van der Waals surface area contributed by atoms with Crippen LogP contribution in [0.1, 0.15) is 24.5 Å². The Morgan fingerprint density at radius 1 is 1.47 bits per heavy atom. The molecule has 1 rings (SSSR count). The van der Waals surface area contributed by atoms with Crippen LogP contribution in [0.15, 0.2) is 24.3 Å². The molecule has 2 N–H and O–H groups in total. The van der Waals surface area contributed by atoms with Crippen LogP contribution in [0.25, 0.3) is 0 Å². The Morgan fingerprint density at radius 2 is 2.18 bits per heavy atom. The summed E-state index contributed by atoms with van der Waals surface area (Å²) in [5.74, 6) is 0.0523. The van der Waals surface area contributed by atoms with Gasteiger partial charge in [0.1, 0.15) is 0 Å². The lowest BCUT2D eigenvalue weighted by atomic mass is 10.2. The monoisotopic (exact) mass is 252 g/mol. The van der Waals surface area contributed by atoms with E-state index in [1.54, 1.807) is 31.2 Å². The van der Waals surface area contributed by atoms with Gasteiger partial charge in [-0.05, 0) is 31.0 Å². The van der Waals surface area contributed by atoms with E-state index in [1.165, 1.54) is 0 Å². The lowest BCUT2D eigenvalue weighted by Gasteiger charge is -2.07. The second-order valence-electron chi connectivity index (χ2n) is 4.17. The molecule has 4 nitrogen and oxygen atoms in total. The molecular weight excluding hydrogens is 236 g/mol. The Bertz CT molecular complexity index is 516. The Morgan fingerprint density at radius 3 is 2.76 bits per heavy atom. The molecule has 1 atom stereocenters. The van der Waals surface area contributed by atoms with Gasteiger partial charge in [0, 0.05) is 6.04 Å². The third-order valence-corrected chi connectivity index (χ3v) is 3.96. The second kappa shape index (κ2) is 5.80. The summed E-state index contributed by atoms with van der Waals surface area (Å²) >= 11 is 0. The molecule has 92 valence electrons. The van der Waals surface area contributed by atoms with Crippen LogP contribution in [0.4, 0.5) is 0 Å². The van der Waals surface area contributed by atoms with E-state index in [-0.39, 0.29) is 17.5 Å². The van der Waals surface area contributed by atoms with E-state index in [0.29, 0.717) is 17.5 Å². The van der Waals surface area contributed by atoms with E-state index in [2.05, 4.69) is 0 Å². The van der Waals surface area contributed by atoms with Crippen molar-refractivity contribution in [3.05, 3.63) is 35.4 Å². The standard InChI is InChI=1S/C12H16N2O2S/c1-10(14)5-6-17(15,16)9-12-4-2-3-11(7-12)8-13/h2-4,7,10H,5-6,9,14H2,1H3. The molecule has 1 aromatic carbocycles. The van der Waals surface area contributed by atoms with Gasteiger partial charge in [0.15, 0.2) is 9.84 Å². The summed E-state index contributed by atoms with van der Waals surface area (Å²) in [5.41, 5.74) is 6.65. The number of sulfone groups is 1. The van der Waals surface area contributed by atoms with Gasteiger partial charge in [-0.25, -0.2) is 8.42 Å². The van der Waals surface area contributed by atoms with Gasteiger partial charge in [0.05, 0.1) is 23.1 Å². The predicted molar refractivity (Wildman–Crippen MR) is 66.9 cm³/mol. The van der Waals surface area contributed by atoms with Gasteiger partial charge in [-0.3, -0.25) is 0 Å². The highest BCUT2D eigenvalue weighted by Gasteiger charge is 2.13. The van der Waals surface area contributed by atoms with Gasteiger partial charge in [-0.2, -0.15) is 5.26 Å². The average Bonchev–Trinajstić information content (AvgIpc) is 2.26. The summed E-state index contributed by atoms with van der Waals surface area (Å²) in [5, 5.41) is 8.72. The van der Waals surface area contributed by atoms with Crippen molar-refractivity contribution in [2.24, 2.45) is 5.73 Å². The molecule has 0 spiro atoms. The fourth-order valence-corrected chi connectivity index (χ4v) is 2.98. The highest BCUT2D eigenvalue weighted by Crippen LogP contribution is 2.10. The summed E-state index contributed by atoms with van der Waals surface area (Å²) < 4.78 is 23.5. The lowest BCUT2D eigenvalue weighted by Crippen LogP contribution is -2.20. The first-order valence-corrected chi connectivity index (χ1v) is 7.20.